The second-order valence-corrected chi connectivity index (χ2v) is 5.51. The van der Waals surface area contributed by atoms with Crippen LogP contribution in [0.5, 0.6) is 0 Å². The van der Waals surface area contributed by atoms with Gasteiger partial charge in [-0.2, -0.15) is 0 Å². The smallest absolute Gasteiger partial charge is 0.222 e. The van der Waals surface area contributed by atoms with Gasteiger partial charge in [0, 0.05) is 19.5 Å². The third kappa shape index (κ3) is 4.30. The molecule has 0 spiro atoms. The maximum absolute atomic E-state index is 11.8. The molecule has 1 aliphatic heterocycles. The molecule has 16 heavy (non-hydrogen) atoms. The van der Waals surface area contributed by atoms with Crippen molar-refractivity contribution in [3.05, 3.63) is 0 Å². The molecule has 96 valence electrons. The highest BCUT2D eigenvalue weighted by atomic mass is 35.5. The molecular weight excluding hydrogens is 224 g/mol. The molecule has 1 atom stereocenters. The number of hydrogen-bond acceptors (Lipinski definition) is 2. The summed E-state index contributed by atoms with van der Waals surface area (Å²) >= 11 is 0. The summed E-state index contributed by atoms with van der Waals surface area (Å²) in [7, 11) is 0. The molecule has 1 aliphatic rings. The first-order valence-electron chi connectivity index (χ1n) is 5.95. The van der Waals surface area contributed by atoms with Crippen LogP contribution >= 0.6 is 12.4 Å². The van der Waals surface area contributed by atoms with Gasteiger partial charge in [-0.25, -0.2) is 0 Å². The number of rotatable bonds is 4. The number of likely N-dealkylation sites (tertiary alicyclic amines) is 1. The zero-order valence-electron chi connectivity index (χ0n) is 10.7. The lowest BCUT2D eigenvalue weighted by Crippen LogP contribution is -2.34. The van der Waals surface area contributed by atoms with E-state index < -0.39 is 0 Å². The van der Waals surface area contributed by atoms with Gasteiger partial charge in [0.2, 0.25) is 5.91 Å². The fourth-order valence-corrected chi connectivity index (χ4v) is 1.97. The van der Waals surface area contributed by atoms with Gasteiger partial charge < -0.3 is 10.6 Å². The van der Waals surface area contributed by atoms with Crippen LogP contribution in [0, 0.1) is 11.3 Å². The first-order valence-corrected chi connectivity index (χ1v) is 5.95. The number of hydrogen-bond donors (Lipinski definition) is 1. The molecule has 0 bridgehead atoms. The van der Waals surface area contributed by atoms with Crippen LogP contribution in [0.15, 0.2) is 0 Å². The Hall–Kier alpha value is -0.280. The summed E-state index contributed by atoms with van der Waals surface area (Å²) < 4.78 is 0. The van der Waals surface area contributed by atoms with E-state index in [4.69, 9.17) is 5.73 Å². The minimum atomic E-state index is 0. The third-order valence-electron chi connectivity index (χ3n) is 3.34. The Balaban J connectivity index is 0.00000225. The molecule has 1 heterocycles. The van der Waals surface area contributed by atoms with Gasteiger partial charge in [0.1, 0.15) is 0 Å². The molecular formula is C12H25ClN2O. The molecule has 1 unspecified atom stereocenters. The van der Waals surface area contributed by atoms with Crippen LogP contribution in [0.4, 0.5) is 0 Å². The van der Waals surface area contributed by atoms with E-state index >= 15 is 0 Å². The molecule has 1 amide bonds. The van der Waals surface area contributed by atoms with Crippen molar-refractivity contribution in [1.29, 1.82) is 0 Å². The Labute approximate surface area is 105 Å². The summed E-state index contributed by atoms with van der Waals surface area (Å²) in [6, 6.07) is 0. The first-order chi connectivity index (χ1) is 6.97. The quantitative estimate of drug-likeness (QED) is 0.828. The number of carbonyl (C=O) groups excluding carboxylic acids is 1. The van der Waals surface area contributed by atoms with E-state index in [1.807, 2.05) is 4.90 Å². The fraction of sp³-hybridized carbons (Fsp3) is 0.917. The summed E-state index contributed by atoms with van der Waals surface area (Å²) in [5.41, 5.74) is 5.87. The lowest BCUT2D eigenvalue weighted by atomic mass is 9.90. The van der Waals surface area contributed by atoms with Crippen LogP contribution in [0.3, 0.4) is 0 Å². The van der Waals surface area contributed by atoms with Crippen molar-refractivity contribution in [1.82, 2.24) is 4.90 Å². The molecule has 4 heteroatoms. The van der Waals surface area contributed by atoms with Crippen molar-refractivity contribution in [2.75, 3.05) is 19.6 Å². The van der Waals surface area contributed by atoms with Crippen molar-refractivity contribution in [2.24, 2.45) is 17.1 Å². The topological polar surface area (TPSA) is 46.3 Å². The van der Waals surface area contributed by atoms with Crippen LogP contribution in [0.1, 0.15) is 40.0 Å². The van der Waals surface area contributed by atoms with Crippen LogP contribution in [-0.4, -0.2) is 30.4 Å². The van der Waals surface area contributed by atoms with Crippen molar-refractivity contribution in [3.8, 4) is 0 Å². The van der Waals surface area contributed by atoms with Gasteiger partial charge in [0.25, 0.3) is 0 Å². The summed E-state index contributed by atoms with van der Waals surface area (Å²) in [4.78, 5) is 13.8. The molecule has 1 fully saturated rings. The summed E-state index contributed by atoms with van der Waals surface area (Å²) in [5.74, 6) is 0.915. The van der Waals surface area contributed by atoms with E-state index in [1.54, 1.807) is 0 Å². The van der Waals surface area contributed by atoms with Crippen LogP contribution in [-0.2, 0) is 4.79 Å². The minimum absolute atomic E-state index is 0. The molecule has 1 rings (SSSR count). The molecule has 2 N–H and O–H groups in total. The van der Waals surface area contributed by atoms with Crippen molar-refractivity contribution in [2.45, 2.75) is 40.0 Å². The molecule has 0 aliphatic carbocycles. The van der Waals surface area contributed by atoms with Gasteiger partial charge in [-0.3, -0.25) is 4.79 Å². The maximum Gasteiger partial charge on any atom is 0.222 e. The highest BCUT2D eigenvalue weighted by molar-refractivity contribution is 5.85. The van der Waals surface area contributed by atoms with Crippen molar-refractivity contribution < 1.29 is 4.79 Å². The van der Waals surface area contributed by atoms with E-state index in [0.29, 0.717) is 24.8 Å². The van der Waals surface area contributed by atoms with Gasteiger partial charge in [0.05, 0.1) is 0 Å². The predicted molar refractivity (Wildman–Crippen MR) is 69.7 cm³/mol. The highest BCUT2D eigenvalue weighted by Crippen LogP contribution is 2.29. The van der Waals surface area contributed by atoms with Gasteiger partial charge in [0.15, 0.2) is 0 Å². The Morgan fingerprint density at radius 2 is 2.12 bits per heavy atom. The maximum atomic E-state index is 11.8. The normalized spacial score (nSPS) is 24.7. The lowest BCUT2D eigenvalue weighted by molar-refractivity contribution is -0.130. The Morgan fingerprint density at radius 1 is 1.50 bits per heavy atom. The minimum Gasteiger partial charge on any atom is -0.342 e. The summed E-state index contributed by atoms with van der Waals surface area (Å²) in [5, 5.41) is 0. The summed E-state index contributed by atoms with van der Waals surface area (Å²) in [6.45, 7) is 8.90. The largest absolute Gasteiger partial charge is 0.342 e. The molecule has 1 saturated heterocycles. The molecule has 0 saturated carbocycles. The number of nitrogens with zero attached hydrogens (tertiary/aromatic N) is 1. The predicted octanol–water partition coefficient (Wildman–Crippen LogP) is 2.04. The second kappa shape index (κ2) is 6.45. The van der Waals surface area contributed by atoms with E-state index in [1.165, 1.54) is 0 Å². The lowest BCUT2D eigenvalue weighted by Gasteiger charge is -2.22. The van der Waals surface area contributed by atoms with Crippen molar-refractivity contribution in [3.63, 3.8) is 0 Å². The summed E-state index contributed by atoms with van der Waals surface area (Å²) in [6.07, 6.45) is 2.74. The number of amides is 1. The van der Waals surface area contributed by atoms with E-state index in [0.717, 1.165) is 25.9 Å². The molecule has 0 radical (unpaired) electrons. The van der Waals surface area contributed by atoms with Crippen LogP contribution in [0.2, 0.25) is 0 Å². The first kappa shape index (κ1) is 15.7. The average molecular weight is 249 g/mol. The number of halogens is 1. The highest BCUT2D eigenvalue weighted by Gasteiger charge is 2.34. The Bertz CT molecular complexity index is 233. The van der Waals surface area contributed by atoms with E-state index in [9.17, 15) is 4.79 Å². The zero-order valence-corrected chi connectivity index (χ0v) is 11.5. The average Bonchev–Trinajstić information content (AvgIpc) is 2.58. The van der Waals surface area contributed by atoms with Gasteiger partial charge in [-0.1, -0.05) is 20.8 Å². The van der Waals surface area contributed by atoms with Crippen molar-refractivity contribution >= 4 is 18.3 Å². The monoisotopic (exact) mass is 248 g/mol. The molecule has 0 aromatic heterocycles. The standard InChI is InChI=1S/C12H24N2O.ClH/c1-10(2)4-5-11(15)14-7-6-12(3,8-13)9-14;/h10H,4-9,13H2,1-3H3;1H. The third-order valence-corrected chi connectivity index (χ3v) is 3.34. The van der Waals surface area contributed by atoms with Crippen LogP contribution < -0.4 is 5.73 Å². The van der Waals surface area contributed by atoms with Gasteiger partial charge in [-0.15, -0.1) is 12.4 Å². The Morgan fingerprint density at radius 3 is 2.56 bits per heavy atom. The van der Waals surface area contributed by atoms with Crippen LogP contribution in [0.25, 0.3) is 0 Å². The second-order valence-electron chi connectivity index (χ2n) is 5.51. The zero-order chi connectivity index (χ0) is 11.5. The molecule has 0 aromatic rings. The van der Waals surface area contributed by atoms with Gasteiger partial charge >= 0.3 is 0 Å². The number of carbonyl (C=O) groups is 1. The molecule has 3 nitrogen and oxygen atoms in total. The Kier molecular flexibility index (Phi) is 6.34. The van der Waals surface area contributed by atoms with E-state index in [2.05, 4.69) is 20.8 Å². The number of nitrogens with two attached hydrogens (primary N) is 1. The SMILES string of the molecule is CC(C)CCC(=O)N1CCC(C)(CN)C1.Cl. The van der Waals surface area contributed by atoms with Gasteiger partial charge in [-0.05, 0) is 30.7 Å². The van der Waals surface area contributed by atoms with E-state index in [-0.39, 0.29) is 17.8 Å². The molecule has 0 aromatic carbocycles. The fourth-order valence-electron chi connectivity index (χ4n) is 1.97.